The van der Waals surface area contributed by atoms with Crippen molar-refractivity contribution in [2.45, 2.75) is 65.9 Å². The van der Waals surface area contributed by atoms with Crippen molar-refractivity contribution in [3.63, 3.8) is 0 Å². The maximum Gasteiger partial charge on any atom is 0.355 e. The second-order valence-electron chi connectivity index (χ2n) is 17.0. The van der Waals surface area contributed by atoms with E-state index in [1.165, 1.54) is 6.92 Å². The molecule has 67 heavy (non-hydrogen) atoms. The number of anilines is 1. The van der Waals surface area contributed by atoms with Gasteiger partial charge in [-0.25, -0.2) is 14.2 Å². The number of ether oxygens (including phenoxy) is 2. The molecule has 338 valence electrons. The highest BCUT2D eigenvalue weighted by Gasteiger charge is 2.48. The molecule has 1 amide bonds. The van der Waals surface area contributed by atoms with Crippen molar-refractivity contribution >= 4 is 39.5 Å². The summed E-state index contributed by atoms with van der Waals surface area (Å²) in [6, 6.07) is 50.8. The van der Waals surface area contributed by atoms with Crippen LogP contribution in [-0.2, 0) is 42.3 Å². The third kappa shape index (κ3) is 10.5. The van der Waals surface area contributed by atoms with Crippen LogP contribution in [0.25, 0.3) is 33.9 Å². The molecule has 8 aromatic rings. The summed E-state index contributed by atoms with van der Waals surface area (Å²) < 4.78 is 17.4. The first kappa shape index (κ1) is 46.2. The number of esters is 2. The van der Waals surface area contributed by atoms with E-state index >= 15 is 4.79 Å². The predicted octanol–water partition coefficient (Wildman–Crippen LogP) is 11.9. The summed E-state index contributed by atoms with van der Waals surface area (Å²) in [7, 11) is 0. The van der Waals surface area contributed by atoms with E-state index < -0.39 is 23.5 Å². The van der Waals surface area contributed by atoms with Gasteiger partial charge in [-0.1, -0.05) is 135 Å². The Morgan fingerprint density at radius 1 is 0.642 bits per heavy atom. The fourth-order valence-electron chi connectivity index (χ4n) is 8.28. The second-order valence-corrected chi connectivity index (χ2v) is 17.9. The van der Waals surface area contributed by atoms with Crippen molar-refractivity contribution in [2.24, 2.45) is 0 Å². The zero-order valence-electron chi connectivity index (χ0n) is 38.4. The van der Waals surface area contributed by atoms with Crippen LogP contribution in [0.1, 0.15) is 64.5 Å². The van der Waals surface area contributed by atoms with Gasteiger partial charge in [-0.3, -0.25) is 9.59 Å². The highest BCUT2D eigenvalue weighted by molar-refractivity contribution is 9.10. The number of hydrogen-bond donors (Lipinski definition) is 1. The largest absolute Gasteiger partial charge is 0.463 e. The van der Waals surface area contributed by atoms with Gasteiger partial charge in [-0.2, -0.15) is 10.2 Å². The van der Waals surface area contributed by atoms with Gasteiger partial charge in [0.2, 0.25) is 11.5 Å². The highest BCUT2D eigenvalue weighted by Crippen LogP contribution is 2.38. The number of benzene rings is 6. The molecule has 0 fully saturated rings. The molecule has 8 rings (SSSR count). The van der Waals surface area contributed by atoms with Crippen LogP contribution in [0.5, 0.6) is 0 Å². The number of carbonyl (C=O) groups excluding carboxylic acids is 3. The van der Waals surface area contributed by atoms with Gasteiger partial charge in [-0.15, -0.1) is 0 Å². The first-order chi connectivity index (χ1) is 32.3. The summed E-state index contributed by atoms with van der Waals surface area (Å²) in [6.07, 6.45) is 0.0191. The van der Waals surface area contributed by atoms with E-state index in [1.54, 1.807) is 13.0 Å². The molecule has 0 saturated heterocycles. The van der Waals surface area contributed by atoms with Gasteiger partial charge in [-0.05, 0) is 101 Å². The third-order valence-corrected chi connectivity index (χ3v) is 12.2. The number of nitrogens with zero attached hydrogens (tertiary/aromatic N) is 4. The minimum Gasteiger partial charge on any atom is -0.463 e. The summed E-state index contributed by atoms with van der Waals surface area (Å²) in [6.45, 7) is 11.2. The Morgan fingerprint density at radius 2 is 1.18 bits per heavy atom. The summed E-state index contributed by atoms with van der Waals surface area (Å²) >= 11 is 3.57. The minimum absolute atomic E-state index is 0.0538. The van der Waals surface area contributed by atoms with Gasteiger partial charge in [0.05, 0.1) is 46.7 Å². The topological polar surface area (TPSA) is 117 Å². The number of halogens is 1. The first-order valence-corrected chi connectivity index (χ1v) is 23.1. The van der Waals surface area contributed by atoms with Crippen LogP contribution < -0.4 is 5.32 Å². The number of carbonyl (C=O) groups is 3. The number of amides is 1. The highest BCUT2D eigenvalue weighted by atomic mass is 79.9. The smallest absolute Gasteiger partial charge is 0.355 e. The average molecular weight is 955 g/mol. The third-order valence-electron chi connectivity index (χ3n) is 11.7. The van der Waals surface area contributed by atoms with Gasteiger partial charge in [0, 0.05) is 46.6 Å². The van der Waals surface area contributed by atoms with Crippen LogP contribution in [0.4, 0.5) is 5.69 Å². The van der Waals surface area contributed by atoms with Gasteiger partial charge < -0.3 is 14.8 Å². The van der Waals surface area contributed by atoms with E-state index in [1.807, 2.05) is 189 Å². The SMILES string of the molecule is CCOC(=O)C(Cc1cc(-c2ccc(Br)cc2)n(-c2ccc(C)cc2)n1)(OC(=O)C(Cc1cc(-c2ccc(NC(C)=O)cc2)n(-c2ccc(C)cc2)n1)c1cccc(C)c1)c1cccc(C)c1. The summed E-state index contributed by atoms with van der Waals surface area (Å²) in [5, 5.41) is 13.1. The van der Waals surface area contributed by atoms with E-state index in [0.717, 1.165) is 60.6 Å². The quantitative estimate of drug-likeness (QED) is 0.102. The second kappa shape index (κ2) is 20.0. The number of hydrogen-bond acceptors (Lipinski definition) is 7. The van der Waals surface area contributed by atoms with Crippen molar-refractivity contribution in [3.05, 3.63) is 207 Å². The van der Waals surface area contributed by atoms with E-state index in [9.17, 15) is 9.59 Å². The molecular formula is C56H52BrN5O5. The van der Waals surface area contributed by atoms with E-state index in [0.29, 0.717) is 28.2 Å². The van der Waals surface area contributed by atoms with Crippen LogP contribution in [0, 0.1) is 27.7 Å². The van der Waals surface area contributed by atoms with Crippen molar-refractivity contribution in [2.75, 3.05) is 11.9 Å². The molecule has 11 heteroatoms. The zero-order chi connectivity index (χ0) is 47.2. The van der Waals surface area contributed by atoms with Crippen LogP contribution in [0.15, 0.2) is 162 Å². The Kier molecular flexibility index (Phi) is 13.8. The number of nitrogens with one attached hydrogen (secondary N) is 1. The molecule has 0 aliphatic rings. The lowest BCUT2D eigenvalue weighted by Crippen LogP contribution is -2.45. The molecule has 0 aliphatic carbocycles. The lowest BCUT2D eigenvalue weighted by atomic mass is 9.86. The molecule has 0 radical (unpaired) electrons. The van der Waals surface area contributed by atoms with Crippen molar-refractivity contribution in [1.82, 2.24) is 19.6 Å². The minimum atomic E-state index is -1.95. The molecule has 1 N–H and O–H groups in total. The van der Waals surface area contributed by atoms with E-state index in [2.05, 4.69) is 21.2 Å². The maximum atomic E-state index is 15.5. The molecular weight excluding hydrogens is 903 g/mol. The molecule has 2 heterocycles. The van der Waals surface area contributed by atoms with Crippen molar-refractivity contribution in [3.8, 4) is 33.9 Å². The lowest BCUT2D eigenvalue weighted by molar-refractivity contribution is -0.185. The Morgan fingerprint density at radius 3 is 1.73 bits per heavy atom. The number of aromatic nitrogens is 4. The molecule has 2 unspecified atom stereocenters. The lowest BCUT2D eigenvalue weighted by Gasteiger charge is -2.33. The van der Waals surface area contributed by atoms with Gasteiger partial charge in [0.25, 0.3) is 0 Å². The Labute approximate surface area is 399 Å². The summed E-state index contributed by atoms with van der Waals surface area (Å²) in [5.41, 5.74) is 10.1. The van der Waals surface area contributed by atoms with Crippen LogP contribution in [0.2, 0.25) is 0 Å². The Bertz CT molecular complexity index is 2980. The van der Waals surface area contributed by atoms with Gasteiger partial charge in [0.15, 0.2) is 0 Å². The van der Waals surface area contributed by atoms with Crippen LogP contribution in [0.3, 0.4) is 0 Å². The van der Waals surface area contributed by atoms with Crippen molar-refractivity contribution in [1.29, 1.82) is 0 Å². The molecule has 0 spiro atoms. The molecule has 0 aliphatic heterocycles. The fraction of sp³-hybridized carbons (Fsp3) is 0.196. The molecule has 0 saturated carbocycles. The Hall–Kier alpha value is -7.37. The molecule has 6 aromatic carbocycles. The predicted molar refractivity (Wildman–Crippen MR) is 266 cm³/mol. The van der Waals surface area contributed by atoms with Gasteiger partial charge >= 0.3 is 11.9 Å². The van der Waals surface area contributed by atoms with Gasteiger partial charge in [0.1, 0.15) is 0 Å². The molecule has 2 atom stereocenters. The molecule has 2 aromatic heterocycles. The fourth-order valence-corrected chi connectivity index (χ4v) is 8.54. The number of aryl methyl sites for hydroxylation is 4. The summed E-state index contributed by atoms with van der Waals surface area (Å²) in [4.78, 5) is 42.2. The number of rotatable bonds is 15. The first-order valence-electron chi connectivity index (χ1n) is 22.3. The molecule has 0 bridgehead atoms. The zero-order valence-corrected chi connectivity index (χ0v) is 40.0. The normalized spacial score (nSPS) is 12.5. The van der Waals surface area contributed by atoms with Crippen LogP contribution in [-0.4, -0.2) is 44.0 Å². The standard InChI is InChI=1S/C56H52BrN5O5/c1-7-66-55(65)56(44-13-9-11-39(5)31-44,35-48-34-53(41-18-22-45(57)23-19-41)62(60-48)50-28-16-37(3)17-29-50)67-54(64)51(43-12-8-10-38(4)30-43)32-47-33-52(42-20-24-46(25-21-42)58-40(6)63)61(59-47)49-26-14-36(2)15-27-49/h8-31,33-34,51H,7,32,35H2,1-6H3,(H,58,63). The Balaban J connectivity index is 1.25. The summed E-state index contributed by atoms with van der Waals surface area (Å²) in [5.74, 6) is -2.40. The molecule has 10 nitrogen and oxygen atoms in total. The van der Waals surface area contributed by atoms with Crippen molar-refractivity contribution < 1.29 is 23.9 Å². The van der Waals surface area contributed by atoms with E-state index in [4.69, 9.17) is 19.7 Å². The van der Waals surface area contributed by atoms with Crippen LogP contribution >= 0.6 is 15.9 Å². The average Bonchev–Trinajstić information content (AvgIpc) is 3.93. The van der Waals surface area contributed by atoms with E-state index in [-0.39, 0.29) is 25.4 Å². The maximum absolute atomic E-state index is 15.5. The monoisotopic (exact) mass is 953 g/mol.